The zero-order valence-corrected chi connectivity index (χ0v) is 35.1. The van der Waals surface area contributed by atoms with Gasteiger partial charge in [-0.25, -0.2) is 0 Å². The van der Waals surface area contributed by atoms with Gasteiger partial charge in [0.05, 0.1) is 24.0 Å². The van der Waals surface area contributed by atoms with Crippen molar-refractivity contribution in [2.75, 3.05) is 43.6 Å². The van der Waals surface area contributed by atoms with Gasteiger partial charge in [-0.2, -0.15) is 0 Å². The van der Waals surface area contributed by atoms with E-state index in [1.165, 1.54) is 59.3 Å². The highest BCUT2D eigenvalue weighted by molar-refractivity contribution is 14.1. The second-order valence-corrected chi connectivity index (χ2v) is 17.0. The van der Waals surface area contributed by atoms with Crippen molar-refractivity contribution in [1.82, 2.24) is 0 Å². The Balaban J connectivity index is 0.000000149. The topological polar surface area (TPSA) is 13.0 Å². The van der Waals surface area contributed by atoms with Crippen molar-refractivity contribution in [2.45, 2.75) is 26.2 Å². The van der Waals surface area contributed by atoms with Crippen molar-refractivity contribution in [3.05, 3.63) is 109 Å². The standard InChI is InChI=1S/2C15H12I2N2.2CH2Cl2/c2*16-12-1-3-14-10(5-12)7-19-9-18(14)8-11-6-13(17)2-4-15(11)19;2*2-1-3/h2*1-6H,7-9H2;2*1H2. The summed E-state index contributed by atoms with van der Waals surface area (Å²) in [6.07, 6.45) is 0. The molecule has 0 saturated heterocycles. The molecule has 232 valence electrons. The number of hydrogen-bond acceptors (Lipinski definition) is 4. The molecule has 0 aliphatic carbocycles. The molecule has 0 fully saturated rings. The lowest BCUT2D eigenvalue weighted by Gasteiger charge is -2.44. The van der Waals surface area contributed by atoms with Crippen LogP contribution in [0.5, 0.6) is 0 Å². The number of hydrogen-bond donors (Lipinski definition) is 0. The van der Waals surface area contributed by atoms with Crippen LogP contribution in [0.2, 0.25) is 0 Å². The summed E-state index contributed by atoms with van der Waals surface area (Å²) in [4.78, 5) is 9.92. The number of rotatable bonds is 0. The minimum atomic E-state index is 0.194. The molecule has 0 saturated carbocycles. The fraction of sp³-hybridized carbons (Fsp3) is 0.250. The number of nitrogens with zero attached hydrogens (tertiary/aromatic N) is 4. The van der Waals surface area contributed by atoms with Crippen molar-refractivity contribution >= 4 is 160 Å². The van der Waals surface area contributed by atoms with Crippen LogP contribution < -0.4 is 19.6 Å². The van der Waals surface area contributed by atoms with Gasteiger partial charge in [-0.3, -0.25) is 0 Å². The Morgan fingerprint density at radius 2 is 0.614 bits per heavy atom. The Bertz CT molecular complexity index is 1390. The van der Waals surface area contributed by atoms with Crippen molar-refractivity contribution < 1.29 is 0 Å². The second kappa shape index (κ2) is 16.5. The van der Waals surface area contributed by atoms with Crippen LogP contribution in [-0.2, 0) is 26.2 Å². The van der Waals surface area contributed by atoms with Crippen LogP contribution in [0.1, 0.15) is 22.3 Å². The Hall–Kier alpha value is 0.160. The van der Waals surface area contributed by atoms with Gasteiger partial charge in [0.15, 0.2) is 0 Å². The van der Waals surface area contributed by atoms with Crippen LogP contribution >= 0.6 is 137 Å². The maximum Gasteiger partial charge on any atom is 0.0967 e. The average Bonchev–Trinajstić information content (AvgIpc) is 2.98. The molecule has 4 aliphatic rings. The summed E-state index contributed by atoms with van der Waals surface area (Å²) in [6.45, 7) is 6.13. The third-order valence-electron chi connectivity index (χ3n) is 7.66. The lowest BCUT2D eigenvalue weighted by Crippen LogP contribution is -2.46. The molecular weight excluding hydrogens is 1090 g/mol. The molecule has 4 aliphatic heterocycles. The Labute approximate surface area is 334 Å². The van der Waals surface area contributed by atoms with Crippen molar-refractivity contribution in [3.8, 4) is 0 Å². The molecule has 4 nitrogen and oxygen atoms in total. The van der Waals surface area contributed by atoms with Crippen LogP contribution in [0.4, 0.5) is 22.7 Å². The molecule has 0 amide bonds. The van der Waals surface area contributed by atoms with E-state index in [0.29, 0.717) is 0 Å². The predicted octanol–water partition coefficient (Wildman–Crippen LogP) is 11.2. The first-order valence-electron chi connectivity index (χ1n) is 13.6. The molecule has 44 heavy (non-hydrogen) atoms. The van der Waals surface area contributed by atoms with E-state index >= 15 is 0 Å². The second-order valence-electron chi connectivity index (χ2n) is 10.4. The molecule has 0 N–H and O–H groups in total. The van der Waals surface area contributed by atoms with Crippen molar-refractivity contribution in [1.29, 1.82) is 0 Å². The molecule has 0 unspecified atom stereocenters. The minimum absolute atomic E-state index is 0.194. The summed E-state index contributed by atoms with van der Waals surface area (Å²) in [7, 11) is 0. The molecule has 4 aromatic carbocycles. The zero-order valence-electron chi connectivity index (χ0n) is 23.4. The minimum Gasteiger partial charge on any atom is -0.349 e. The molecule has 4 bridgehead atoms. The first-order valence-corrected chi connectivity index (χ1v) is 20.1. The van der Waals surface area contributed by atoms with E-state index in [1.54, 1.807) is 0 Å². The summed E-state index contributed by atoms with van der Waals surface area (Å²) >= 11 is 28.6. The number of anilines is 4. The van der Waals surface area contributed by atoms with E-state index < -0.39 is 0 Å². The van der Waals surface area contributed by atoms with Gasteiger partial charge in [-0.15, -0.1) is 46.4 Å². The van der Waals surface area contributed by atoms with Gasteiger partial charge in [-0.1, -0.05) is 0 Å². The quantitative estimate of drug-likeness (QED) is 0.129. The van der Waals surface area contributed by atoms with Crippen molar-refractivity contribution in [2.24, 2.45) is 0 Å². The van der Waals surface area contributed by atoms with Crippen LogP contribution in [-0.4, -0.2) is 24.0 Å². The van der Waals surface area contributed by atoms with Gasteiger partial charge < -0.3 is 19.6 Å². The average molecular weight is 1120 g/mol. The molecule has 0 radical (unpaired) electrons. The Kier molecular flexibility index (Phi) is 13.3. The fourth-order valence-corrected chi connectivity index (χ4v) is 8.26. The number of benzene rings is 4. The molecule has 12 heteroatoms. The lowest BCUT2D eigenvalue weighted by atomic mass is 10.0. The summed E-state index contributed by atoms with van der Waals surface area (Å²) < 4.78 is 5.28. The van der Waals surface area contributed by atoms with E-state index in [4.69, 9.17) is 46.4 Å². The highest BCUT2D eigenvalue weighted by Crippen LogP contribution is 2.40. The largest absolute Gasteiger partial charge is 0.349 e. The molecule has 4 aromatic rings. The van der Waals surface area contributed by atoms with Gasteiger partial charge in [0.2, 0.25) is 0 Å². The first kappa shape index (κ1) is 35.5. The van der Waals surface area contributed by atoms with Crippen LogP contribution in [0.25, 0.3) is 0 Å². The van der Waals surface area contributed by atoms with Crippen LogP contribution in [0.15, 0.2) is 72.8 Å². The predicted molar refractivity (Wildman–Crippen MR) is 224 cm³/mol. The maximum absolute atomic E-state index is 4.76. The highest BCUT2D eigenvalue weighted by Gasteiger charge is 2.30. The van der Waals surface area contributed by atoms with E-state index in [-0.39, 0.29) is 10.7 Å². The van der Waals surface area contributed by atoms with Gasteiger partial charge in [0.1, 0.15) is 0 Å². The molecule has 4 heterocycles. The summed E-state index contributed by atoms with van der Waals surface area (Å²) in [5, 5.41) is 0.389. The van der Waals surface area contributed by atoms with Crippen LogP contribution in [0.3, 0.4) is 0 Å². The van der Waals surface area contributed by atoms with Gasteiger partial charge in [0.25, 0.3) is 0 Å². The van der Waals surface area contributed by atoms with E-state index in [9.17, 15) is 0 Å². The summed E-state index contributed by atoms with van der Waals surface area (Å²) in [6, 6.07) is 27.2. The summed E-state index contributed by atoms with van der Waals surface area (Å²) in [5.74, 6) is 0. The van der Waals surface area contributed by atoms with E-state index in [1.807, 2.05) is 0 Å². The van der Waals surface area contributed by atoms with Gasteiger partial charge in [-0.05, 0) is 185 Å². The third-order valence-corrected chi connectivity index (χ3v) is 10.3. The monoisotopic (exact) mass is 1120 g/mol. The first-order chi connectivity index (χ1) is 21.2. The van der Waals surface area contributed by atoms with Crippen LogP contribution in [0, 0.1) is 14.3 Å². The SMILES string of the molecule is ClCCl.ClCCl.Ic1ccc2c(c1)CN1CN2Cc2cc(I)ccc21.Ic1ccc2c(c1)CN1CN2Cc2cc(I)ccc21. The van der Waals surface area contributed by atoms with E-state index in [0.717, 1.165) is 39.5 Å². The number of halogens is 8. The molecular formula is C32H28Cl4I4N4. The lowest BCUT2D eigenvalue weighted by molar-refractivity contribution is 0.650. The number of fused-ring (bicyclic) bond motifs is 12. The maximum atomic E-state index is 4.76. The zero-order chi connectivity index (χ0) is 31.4. The fourth-order valence-electron chi connectivity index (χ4n) is 6.04. The van der Waals surface area contributed by atoms with Crippen molar-refractivity contribution in [3.63, 3.8) is 0 Å². The summed E-state index contributed by atoms with van der Waals surface area (Å²) in [5.41, 5.74) is 11.4. The molecule has 0 atom stereocenters. The molecule has 8 rings (SSSR count). The number of alkyl halides is 4. The molecule has 0 spiro atoms. The normalized spacial score (nSPS) is 14.7. The van der Waals surface area contributed by atoms with Gasteiger partial charge >= 0.3 is 0 Å². The Morgan fingerprint density at radius 1 is 0.409 bits per heavy atom. The Morgan fingerprint density at radius 3 is 0.818 bits per heavy atom. The van der Waals surface area contributed by atoms with Gasteiger partial charge in [0, 0.05) is 63.2 Å². The third kappa shape index (κ3) is 8.41. The van der Waals surface area contributed by atoms with E-state index in [2.05, 4.69) is 183 Å². The smallest absolute Gasteiger partial charge is 0.0967 e. The molecule has 0 aromatic heterocycles. The highest BCUT2D eigenvalue weighted by atomic mass is 127.